The lowest BCUT2D eigenvalue weighted by atomic mass is 10.1. The molecule has 0 saturated carbocycles. The number of hydrogen-bond acceptors (Lipinski definition) is 5. The maximum Gasteiger partial charge on any atom is 0.270 e. The van der Waals surface area contributed by atoms with Gasteiger partial charge in [-0.05, 0) is 30.8 Å². The van der Waals surface area contributed by atoms with E-state index < -0.39 is 4.92 Å². The predicted molar refractivity (Wildman–Crippen MR) is 106 cm³/mol. The van der Waals surface area contributed by atoms with Crippen LogP contribution in [0.5, 0.6) is 5.75 Å². The van der Waals surface area contributed by atoms with E-state index in [9.17, 15) is 14.9 Å². The molecule has 2 aromatic carbocycles. The lowest BCUT2D eigenvalue weighted by Gasteiger charge is -2.18. The normalized spacial score (nSPS) is 11.1. The first-order valence-corrected chi connectivity index (χ1v) is 8.96. The van der Waals surface area contributed by atoms with Crippen molar-refractivity contribution in [1.29, 1.82) is 0 Å². The van der Waals surface area contributed by atoms with Gasteiger partial charge in [0, 0.05) is 18.7 Å². The summed E-state index contributed by atoms with van der Waals surface area (Å²) >= 11 is 0. The molecule has 142 valence electrons. The van der Waals surface area contributed by atoms with Crippen LogP contribution in [0.1, 0.15) is 29.8 Å². The molecule has 0 aliphatic carbocycles. The van der Waals surface area contributed by atoms with Gasteiger partial charge >= 0.3 is 0 Å². The number of benzene rings is 2. The molecule has 2 aromatic rings. The Bertz CT molecular complexity index is 799. The fourth-order valence-corrected chi connectivity index (χ4v) is 2.60. The topological polar surface area (TPSA) is 72.7 Å². The summed E-state index contributed by atoms with van der Waals surface area (Å²) in [6.45, 7) is 7.08. The number of carbonyl (C=O) groups excluding carboxylic acids is 1. The summed E-state index contributed by atoms with van der Waals surface area (Å²) in [5.74, 6) is 0.0239. The molecule has 6 nitrogen and oxygen atoms in total. The summed E-state index contributed by atoms with van der Waals surface area (Å²) in [5.41, 5.74) is 0.929. The smallest absolute Gasteiger partial charge is 0.270 e. The second-order valence-electron chi connectivity index (χ2n) is 5.92. The van der Waals surface area contributed by atoms with Gasteiger partial charge in [-0.2, -0.15) is 0 Å². The van der Waals surface area contributed by atoms with Crippen LogP contribution in [0, 0.1) is 10.1 Å². The summed E-state index contributed by atoms with van der Waals surface area (Å²) in [7, 11) is 0. The molecule has 0 saturated heterocycles. The van der Waals surface area contributed by atoms with Crippen molar-refractivity contribution in [2.45, 2.75) is 13.8 Å². The predicted octanol–water partition coefficient (Wildman–Crippen LogP) is 4.21. The molecule has 0 fully saturated rings. The van der Waals surface area contributed by atoms with Gasteiger partial charge in [0.05, 0.1) is 10.5 Å². The summed E-state index contributed by atoms with van der Waals surface area (Å²) in [5, 5.41) is 11.1. The van der Waals surface area contributed by atoms with Gasteiger partial charge in [0.15, 0.2) is 5.78 Å². The lowest BCUT2D eigenvalue weighted by Crippen LogP contribution is -2.28. The number of rotatable bonds is 10. The second-order valence-corrected chi connectivity index (χ2v) is 5.92. The third-order valence-electron chi connectivity index (χ3n) is 4.23. The highest BCUT2D eigenvalue weighted by Gasteiger charge is 2.16. The molecule has 0 N–H and O–H groups in total. The molecule has 0 aromatic heterocycles. The standard InChI is InChI=1S/C21H24N2O4/c1-3-22(4-2)14-15-27-21-13-11-18(23(25)26)16-19(21)20(24)12-10-17-8-6-5-7-9-17/h5-13,16H,3-4,14-15H2,1-2H3/b12-10+. The summed E-state index contributed by atoms with van der Waals surface area (Å²) in [6, 6.07) is 13.5. The number of ketones is 1. The van der Waals surface area contributed by atoms with Crippen molar-refractivity contribution in [3.63, 3.8) is 0 Å². The molecule has 0 heterocycles. The lowest BCUT2D eigenvalue weighted by molar-refractivity contribution is -0.384. The molecular weight excluding hydrogens is 344 g/mol. The average molecular weight is 368 g/mol. The third-order valence-corrected chi connectivity index (χ3v) is 4.23. The number of non-ortho nitro benzene ring substituents is 1. The molecule has 0 radical (unpaired) electrons. The number of ether oxygens (including phenoxy) is 1. The van der Waals surface area contributed by atoms with Crippen molar-refractivity contribution in [3.8, 4) is 5.75 Å². The quantitative estimate of drug-likeness (QED) is 0.272. The van der Waals surface area contributed by atoms with Gasteiger partial charge in [-0.25, -0.2) is 0 Å². The molecule has 6 heteroatoms. The van der Waals surface area contributed by atoms with Gasteiger partial charge in [0.2, 0.25) is 0 Å². The van der Waals surface area contributed by atoms with E-state index in [0.29, 0.717) is 12.4 Å². The molecule has 0 aliphatic heterocycles. The SMILES string of the molecule is CCN(CC)CCOc1ccc([N+](=O)[O-])cc1C(=O)/C=C/c1ccccc1. The highest BCUT2D eigenvalue weighted by molar-refractivity contribution is 6.09. The van der Waals surface area contributed by atoms with E-state index in [1.807, 2.05) is 30.3 Å². The Balaban J connectivity index is 2.20. The minimum atomic E-state index is -0.516. The first kappa shape index (κ1) is 20.3. The summed E-state index contributed by atoms with van der Waals surface area (Å²) < 4.78 is 5.76. The highest BCUT2D eigenvalue weighted by atomic mass is 16.6. The maximum absolute atomic E-state index is 12.6. The number of nitrogens with zero attached hydrogens (tertiary/aromatic N) is 2. The van der Waals surface area contributed by atoms with Crippen molar-refractivity contribution >= 4 is 17.5 Å². The fourth-order valence-electron chi connectivity index (χ4n) is 2.60. The van der Waals surface area contributed by atoms with Crippen LogP contribution in [-0.4, -0.2) is 41.8 Å². The average Bonchev–Trinajstić information content (AvgIpc) is 2.70. The van der Waals surface area contributed by atoms with E-state index in [1.165, 1.54) is 24.3 Å². The zero-order valence-corrected chi connectivity index (χ0v) is 15.6. The van der Waals surface area contributed by atoms with Crippen LogP contribution in [0.15, 0.2) is 54.6 Å². The molecule has 0 aliphatic rings. The number of likely N-dealkylation sites (N-methyl/N-ethyl adjacent to an activating group) is 1. The van der Waals surface area contributed by atoms with Crippen molar-refractivity contribution in [1.82, 2.24) is 4.90 Å². The van der Waals surface area contributed by atoms with E-state index in [-0.39, 0.29) is 17.0 Å². The van der Waals surface area contributed by atoms with Gasteiger partial charge < -0.3 is 9.64 Å². The number of nitro benzene ring substituents is 1. The minimum absolute atomic E-state index is 0.137. The molecule has 2 rings (SSSR count). The molecule has 0 bridgehead atoms. The van der Waals surface area contributed by atoms with Crippen LogP contribution in [-0.2, 0) is 0 Å². The molecule has 0 amide bonds. The second kappa shape index (κ2) is 10.2. The van der Waals surface area contributed by atoms with Gasteiger partial charge in [-0.15, -0.1) is 0 Å². The van der Waals surface area contributed by atoms with Crippen LogP contribution in [0.25, 0.3) is 6.08 Å². The zero-order chi connectivity index (χ0) is 19.6. The first-order chi connectivity index (χ1) is 13.0. The van der Waals surface area contributed by atoms with Crippen LogP contribution in [0.2, 0.25) is 0 Å². The Morgan fingerprint density at radius 2 is 1.85 bits per heavy atom. The van der Waals surface area contributed by atoms with Crippen molar-refractivity contribution < 1.29 is 14.5 Å². The Morgan fingerprint density at radius 1 is 1.15 bits per heavy atom. The van der Waals surface area contributed by atoms with Gasteiger partial charge in [0.25, 0.3) is 5.69 Å². The number of nitro groups is 1. The Kier molecular flexibility index (Phi) is 7.70. The molecular formula is C21H24N2O4. The van der Waals surface area contributed by atoms with Crippen LogP contribution < -0.4 is 4.74 Å². The molecule has 0 spiro atoms. The summed E-state index contributed by atoms with van der Waals surface area (Å²) in [4.78, 5) is 25.4. The largest absolute Gasteiger partial charge is 0.491 e. The highest BCUT2D eigenvalue weighted by Crippen LogP contribution is 2.25. The molecule has 27 heavy (non-hydrogen) atoms. The van der Waals surface area contributed by atoms with Gasteiger partial charge in [-0.3, -0.25) is 14.9 Å². The van der Waals surface area contributed by atoms with E-state index >= 15 is 0 Å². The van der Waals surface area contributed by atoms with E-state index in [2.05, 4.69) is 18.7 Å². The van der Waals surface area contributed by atoms with E-state index in [4.69, 9.17) is 4.74 Å². The Hall–Kier alpha value is -2.99. The number of hydrogen-bond donors (Lipinski definition) is 0. The van der Waals surface area contributed by atoms with Crippen molar-refractivity contribution in [2.75, 3.05) is 26.2 Å². The minimum Gasteiger partial charge on any atom is -0.491 e. The van der Waals surface area contributed by atoms with Crippen molar-refractivity contribution in [3.05, 3.63) is 75.8 Å². The third kappa shape index (κ3) is 6.04. The van der Waals surface area contributed by atoms with Gasteiger partial charge in [-0.1, -0.05) is 50.3 Å². The van der Waals surface area contributed by atoms with E-state index in [0.717, 1.165) is 25.2 Å². The number of allylic oxidation sites excluding steroid dienone is 1. The van der Waals surface area contributed by atoms with Crippen LogP contribution >= 0.6 is 0 Å². The van der Waals surface area contributed by atoms with Crippen molar-refractivity contribution in [2.24, 2.45) is 0 Å². The fraction of sp³-hybridized carbons (Fsp3) is 0.286. The van der Waals surface area contributed by atoms with Crippen LogP contribution in [0.3, 0.4) is 0 Å². The number of carbonyl (C=O) groups is 1. The molecule has 0 unspecified atom stereocenters. The van der Waals surface area contributed by atoms with E-state index in [1.54, 1.807) is 6.08 Å². The monoisotopic (exact) mass is 368 g/mol. The van der Waals surface area contributed by atoms with Crippen LogP contribution in [0.4, 0.5) is 5.69 Å². The molecule has 0 atom stereocenters. The summed E-state index contributed by atoms with van der Waals surface area (Å²) in [6.07, 6.45) is 3.09. The Labute approximate surface area is 159 Å². The maximum atomic E-state index is 12.6. The zero-order valence-electron chi connectivity index (χ0n) is 15.6. The Morgan fingerprint density at radius 3 is 2.48 bits per heavy atom. The van der Waals surface area contributed by atoms with Gasteiger partial charge in [0.1, 0.15) is 12.4 Å². The first-order valence-electron chi connectivity index (χ1n) is 8.96.